The summed E-state index contributed by atoms with van der Waals surface area (Å²) >= 11 is 0. The molecule has 0 atom stereocenters. The van der Waals surface area contributed by atoms with Crippen molar-refractivity contribution in [3.05, 3.63) is 23.8 Å². The van der Waals surface area contributed by atoms with Crippen molar-refractivity contribution in [2.45, 2.75) is 26.7 Å². The molecule has 0 heterocycles. The van der Waals surface area contributed by atoms with Gasteiger partial charge in [-0.05, 0) is 38.0 Å². The van der Waals surface area contributed by atoms with Crippen LogP contribution in [0.25, 0.3) is 0 Å². The lowest BCUT2D eigenvalue weighted by Crippen LogP contribution is -2.00. The molecule has 1 aromatic carbocycles. The van der Waals surface area contributed by atoms with E-state index in [1.807, 2.05) is 32.0 Å². The van der Waals surface area contributed by atoms with Crippen LogP contribution in [0.5, 0.6) is 11.5 Å². The molecule has 4 heteroatoms. The Morgan fingerprint density at radius 2 is 1.65 bits per heavy atom. The first-order valence-electron chi connectivity index (χ1n) is 5.77. The minimum Gasteiger partial charge on any atom is -0.494 e. The second kappa shape index (κ2) is 6.78. The third-order valence-corrected chi connectivity index (χ3v) is 2.19. The van der Waals surface area contributed by atoms with E-state index in [-0.39, 0.29) is 6.42 Å². The van der Waals surface area contributed by atoms with E-state index in [0.29, 0.717) is 19.6 Å². The zero-order valence-electron chi connectivity index (χ0n) is 10.2. The molecule has 0 saturated heterocycles. The van der Waals surface area contributed by atoms with Gasteiger partial charge in [0.25, 0.3) is 0 Å². The normalized spacial score (nSPS) is 10.0. The number of ether oxygens (including phenoxy) is 2. The van der Waals surface area contributed by atoms with Crippen LogP contribution in [0.15, 0.2) is 18.2 Å². The highest BCUT2D eigenvalue weighted by Gasteiger charge is 2.05. The van der Waals surface area contributed by atoms with Crippen molar-refractivity contribution >= 4 is 5.97 Å². The van der Waals surface area contributed by atoms with Gasteiger partial charge in [0.1, 0.15) is 11.5 Å². The summed E-state index contributed by atoms with van der Waals surface area (Å²) in [7, 11) is 0. The average molecular weight is 238 g/mol. The first-order chi connectivity index (χ1) is 8.15. The van der Waals surface area contributed by atoms with Crippen molar-refractivity contribution in [3.8, 4) is 11.5 Å². The van der Waals surface area contributed by atoms with Crippen LogP contribution in [0.4, 0.5) is 0 Å². The van der Waals surface area contributed by atoms with E-state index >= 15 is 0 Å². The van der Waals surface area contributed by atoms with Crippen LogP contribution in [0.1, 0.15) is 25.8 Å². The Labute approximate surface area is 101 Å². The fraction of sp³-hybridized carbons (Fsp3) is 0.462. The fourth-order valence-electron chi connectivity index (χ4n) is 1.53. The molecule has 0 aliphatic rings. The second-order valence-electron chi connectivity index (χ2n) is 3.57. The lowest BCUT2D eigenvalue weighted by atomic mass is 10.1. The van der Waals surface area contributed by atoms with Crippen molar-refractivity contribution in [1.29, 1.82) is 0 Å². The molecule has 0 aliphatic carbocycles. The van der Waals surface area contributed by atoms with Gasteiger partial charge in [0.2, 0.25) is 0 Å². The van der Waals surface area contributed by atoms with E-state index in [1.165, 1.54) is 0 Å². The van der Waals surface area contributed by atoms with Crippen LogP contribution in [0.2, 0.25) is 0 Å². The first kappa shape index (κ1) is 13.4. The maximum absolute atomic E-state index is 10.5. The molecule has 4 nitrogen and oxygen atoms in total. The van der Waals surface area contributed by atoms with E-state index in [0.717, 1.165) is 17.1 Å². The molecule has 0 aliphatic heterocycles. The second-order valence-corrected chi connectivity index (χ2v) is 3.57. The standard InChI is InChI=1S/C13H18O4/c1-3-16-11-7-10(5-6-13(14)15)8-12(9-11)17-4-2/h7-9H,3-6H2,1-2H3,(H,14,15). The van der Waals surface area contributed by atoms with Gasteiger partial charge in [-0.1, -0.05) is 0 Å². The maximum Gasteiger partial charge on any atom is 0.303 e. The Bertz CT molecular complexity index is 349. The summed E-state index contributed by atoms with van der Waals surface area (Å²) in [4.78, 5) is 10.5. The Kier molecular flexibility index (Phi) is 5.33. The molecule has 94 valence electrons. The third-order valence-electron chi connectivity index (χ3n) is 2.19. The number of hydrogen-bond acceptors (Lipinski definition) is 3. The highest BCUT2D eigenvalue weighted by atomic mass is 16.5. The Morgan fingerprint density at radius 3 is 2.06 bits per heavy atom. The molecule has 0 aromatic heterocycles. The Morgan fingerprint density at radius 1 is 1.12 bits per heavy atom. The summed E-state index contributed by atoms with van der Waals surface area (Å²) in [6.07, 6.45) is 0.595. The summed E-state index contributed by atoms with van der Waals surface area (Å²) < 4.78 is 10.8. The number of hydrogen-bond donors (Lipinski definition) is 1. The van der Waals surface area contributed by atoms with Crippen molar-refractivity contribution < 1.29 is 19.4 Å². The molecule has 0 fully saturated rings. The highest BCUT2D eigenvalue weighted by molar-refractivity contribution is 5.67. The topological polar surface area (TPSA) is 55.8 Å². The summed E-state index contributed by atoms with van der Waals surface area (Å²) in [6, 6.07) is 5.53. The molecule has 0 saturated carbocycles. The van der Waals surface area contributed by atoms with Gasteiger partial charge in [-0.3, -0.25) is 4.79 Å². The van der Waals surface area contributed by atoms with Crippen LogP contribution in [0.3, 0.4) is 0 Å². The zero-order valence-corrected chi connectivity index (χ0v) is 10.2. The predicted molar refractivity (Wildman–Crippen MR) is 64.7 cm³/mol. The fourth-order valence-corrected chi connectivity index (χ4v) is 1.53. The lowest BCUT2D eigenvalue weighted by Gasteiger charge is -2.10. The van der Waals surface area contributed by atoms with E-state index in [1.54, 1.807) is 0 Å². The number of aryl methyl sites for hydroxylation is 1. The smallest absolute Gasteiger partial charge is 0.303 e. The summed E-state index contributed by atoms with van der Waals surface area (Å²) in [5, 5.41) is 8.66. The molecule has 1 N–H and O–H groups in total. The van der Waals surface area contributed by atoms with Crippen LogP contribution in [0, 0.1) is 0 Å². The number of carboxylic acid groups (broad SMARTS) is 1. The molecule has 0 radical (unpaired) electrons. The van der Waals surface area contributed by atoms with Gasteiger partial charge in [-0.15, -0.1) is 0 Å². The van der Waals surface area contributed by atoms with Crippen molar-refractivity contribution in [3.63, 3.8) is 0 Å². The molecule has 0 unspecified atom stereocenters. The largest absolute Gasteiger partial charge is 0.494 e. The minimum absolute atomic E-state index is 0.112. The number of aliphatic carboxylic acids is 1. The Hall–Kier alpha value is -1.71. The van der Waals surface area contributed by atoms with Crippen LogP contribution >= 0.6 is 0 Å². The molecule has 0 spiro atoms. The first-order valence-corrected chi connectivity index (χ1v) is 5.77. The summed E-state index contributed by atoms with van der Waals surface area (Å²) in [5.74, 6) is 0.641. The van der Waals surface area contributed by atoms with Gasteiger partial charge in [-0.2, -0.15) is 0 Å². The van der Waals surface area contributed by atoms with Gasteiger partial charge < -0.3 is 14.6 Å². The van der Waals surface area contributed by atoms with E-state index in [9.17, 15) is 4.79 Å². The molecule has 1 aromatic rings. The lowest BCUT2D eigenvalue weighted by molar-refractivity contribution is -0.136. The average Bonchev–Trinajstić information content (AvgIpc) is 2.27. The summed E-state index contributed by atoms with van der Waals surface area (Å²) in [6.45, 7) is 4.97. The highest BCUT2D eigenvalue weighted by Crippen LogP contribution is 2.24. The number of carbonyl (C=O) groups is 1. The van der Waals surface area contributed by atoms with E-state index in [4.69, 9.17) is 14.6 Å². The molecule has 17 heavy (non-hydrogen) atoms. The SMILES string of the molecule is CCOc1cc(CCC(=O)O)cc(OCC)c1. The number of rotatable bonds is 7. The van der Waals surface area contributed by atoms with Crippen molar-refractivity contribution in [2.75, 3.05) is 13.2 Å². The van der Waals surface area contributed by atoms with Crippen molar-refractivity contribution in [1.82, 2.24) is 0 Å². The van der Waals surface area contributed by atoms with Crippen LogP contribution in [-0.2, 0) is 11.2 Å². The van der Waals surface area contributed by atoms with E-state index in [2.05, 4.69) is 0 Å². The maximum atomic E-state index is 10.5. The van der Waals surface area contributed by atoms with E-state index < -0.39 is 5.97 Å². The minimum atomic E-state index is -0.801. The zero-order chi connectivity index (χ0) is 12.7. The number of carboxylic acids is 1. The molecule has 1 rings (SSSR count). The predicted octanol–water partition coefficient (Wildman–Crippen LogP) is 2.50. The Balaban J connectivity index is 2.82. The van der Waals surface area contributed by atoms with Crippen LogP contribution < -0.4 is 9.47 Å². The molecular formula is C13H18O4. The molecular weight excluding hydrogens is 220 g/mol. The summed E-state index contributed by atoms with van der Waals surface area (Å²) in [5.41, 5.74) is 0.918. The quantitative estimate of drug-likeness (QED) is 0.793. The van der Waals surface area contributed by atoms with Crippen molar-refractivity contribution in [2.24, 2.45) is 0 Å². The van der Waals surface area contributed by atoms with Gasteiger partial charge in [0.15, 0.2) is 0 Å². The molecule has 0 amide bonds. The molecule has 0 bridgehead atoms. The van der Waals surface area contributed by atoms with Crippen LogP contribution in [-0.4, -0.2) is 24.3 Å². The van der Waals surface area contributed by atoms with Gasteiger partial charge >= 0.3 is 5.97 Å². The third kappa shape index (κ3) is 4.76. The van der Waals surface area contributed by atoms with Gasteiger partial charge in [0, 0.05) is 12.5 Å². The monoisotopic (exact) mass is 238 g/mol. The number of benzene rings is 1. The van der Waals surface area contributed by atoms with Gasteiger partial charge in [0.05, 0.1) is 13.2 Å². The van der Waals surface area contributed by atoms with Gasteiger partial charge in [-0.25, -0.2) is 0 Å².